The third-order valence-electron chi connectivity index (χ3n) is 2.56. The maximum Gasteiger partial charge on any atom is 0.313 e. The van der Waals surface area contributed by atoms with Crippen molar-refractivity contribution >= 4 is 17.5 Å². The molecular formula is C11H12N4O3. The van der Waals surface area contributed by atoms with E-state index in [0.29, 0.717) is 22.9 Å². The van der Waals surface area contributed by atoms with Gasteiger partial charge in [-0.15, -0.1) is 5.10 Å². The summed E-state index contributed by atoms with van der Waals surface area (Å²) in [5.41, 5.74) is 1.13. The lowest BCUT2D eigenvalue weighted by atomic mass is 10.2. The number of ketones is 1. The van der Waals surface area contributed by atoms with Gasteiger partial charge in [-0.05, 0) is 13.8 Å². The van der Waals surface area contributed by atoms with Gasteiger partial charge in [-0.2, -0.15) is 4.98 Å². The van der Waals surface area contributed by atoms with Gasteiger partial charge in [0.1, 0.15) is 6.42 Å². The summed E-state index contributed by atoms with van der Waals surface area (Å²) < 4.78 is 5.99. The summed E-state index contributed by atoms with van der Waals surface area (Å²) in [4.78, 5) is 30.6. The molecule has 18 heavy (non-hydrogen) atoms. The summed E-state index contributed by atoms with van der Waals surface area (Å²) in [6.45, 7) is 3.21. The molecule has 7 heteroatoms. The summed E-state index contributed by atoms with van der Waals surface area (Å²) in [7, 11) is 1.30. The number of hydrogen-bond acceptors (Lipinski definition) is 6. The first-order chi connectivity index (χ1) is 8.52. The minimum atomic E-state index is -0.421. The zero-order chi connectivity index (χ0) is 13.3. The van der Waals surface area contributed by atoms with Crippen molar-refractivity contribution in [2.24, 2.45) is 0 Å². The first-order valence-electron chi connectivity index (χ1n) is 5.32. The lowest BCUT2D eigenvalue weighted by molar-refractivity contribution is -0.139. The third kappa shape index (κ3) is 2.06. The zero-order valence-corrected chi connectivity index (χ0v) is 10.3. The Morgan fingerprint density at radius 1 is 1.44 bits per heavy atom. The van der Waals surface area contributed by atoms with Crippen molar-refractivity contribution in [3.8, 4) is 0 Å². The second kappa shape index (κ2) is 4.52. The highest BCUT2D eigenvalue weighted by atomic mass is 16.5. The second-order valence-corrected chi connectivity index (χ2v) is 3.81. The van der Waals surface area contributed by atoms with Crippen LogP contribution in [0.5, 0.6) is 0 Å². The van der Waals surface area contributed by atoms with Crippen LogP contribution in [-0.2, 0) is 16.0 Å². The Morgan fingerprint density at radius 3 is 2.78 bits per heavy atom. The van der Waals surface area contributed by atoms with E-state index in [2.05, 4.69) is 19.8 Å². The molecule has 0 saturated heterocycles. The summed E-state index contributed by atoms with van der Waals surface area (Å²) >= 11 is 0. The van der Waals surface area contributed by atoms with Gasteiger partial charge in [-0.3, -0.25) is 9.59 Å². The fourth-order valence-corrected chi connectivity index (χ4v) is 1.61. The van der Waals surface area contributed by atoms with Gasteiger partial charge < -0.3 is 4.74 Å². The number of Topliss-reactive ketones (excluding diaryl/α,β-unsaturated/α-hetero) is 1. The molecule has 2 aromatic heterocycles. The molecule has 0 spiro atoms. The van der Waals surface area contributed by atoms with Gasteiger partial charge in [0.25, 0.3) is 5.78 Å². The molecule has 0 unspecified atom stereocenters. The summed E-state index contributed by atoms with van der Waals surface area (Å²) in [6.07, 6.45) is 1.44. The molecule has 2 aromatic rings. The van der Waals surface area contributed by atoms with E-state index < -0.39 is 5.97 Å². The van der Waals surface area contributed by atoms with Crippen molar-refractivity contribution < 1.29 is 14.3 Å². The Balaban J connectivity index is 2.48. The molecule has 0 bridgehead atoms. The number of aryl methyl sites for hydroxylation is 1. The fraction of sp³-hybridized carbons (Fsp3) is 0.364. The van der Waals surface area contributed by atoms with Crippen LogP contribution >= 0.6 is 0 Å². The highest BCUT2D eigenvalue weighted by molar-refractivity contribution is 5.94. The summed E-state index contributed by atoms with van der Waals surface area (Å²) in [5, 5.41) is 4.13. The van der Waals surface area contributed by atoms with E-state index in [0.717, 1.165) is 0 Å². The number of fused-ring (bicyclic) bond motifs is 1. The standard InChI is InChI=1S/C11H12N4O3/c1-6-8(7(2)16)5-12-11-13-9(14-15(6)11)4-10(17)18-3/h5H,4H2,1-3H3. The van der Waals surface area contributed by atoms with E-state index >= 15 is 0 Å². The fourth-order valence-electron chi connectivity index (χ4n) is 1.61. The normalized spacial score (nSPS) is 10.6. The number of rotatable bonds is 3. The van der Waals surface area contributed by atoms with Crippen LogP contribution in [0.2, 0.25) is 0 Å². The monoisotopic (exact) mass is 248 g/mol. The number of hydrogen-bond donors (Lipinski definition) is 0. The van der Waals surface area contributed by atoms with Crippen LogP contribution in [0, 0.1) is 6.92 Å². The van der Waals surface area contributed by atoms with E-state index in [1.165, 1.54) is 24.7 Å². The highest BCUT2D eigenvalue weighted by Gasteiger charge is 2.14. The smallest absolute Gasteiger partial charge is 0.313 e. The number of carbonyl (C=O) groups excluding carboxylic acids is 2. The Bertz CT molecular complexity index is 632. The molecule has 2 heterocycles. The van der Waals surface area contributed by atoms with Crippen molar-refractivity contribution in [1.29, 1.82) is 0 Å². The molecule has 0 atom stereocenters. The van der Waals surface area contributed by atoms with Crippen molar-refractivity contribution in [2.75, 3.05) is 7.11 Å². The predicted molar refractivity (Wildman–Crippen MR) is 61.2 cm³/mol. The van der Waals surface area contributed by atoms with Gasteiger partial charge >= 0.3 is 5.97 Å². The van der Waals surface area contributed by atoms with Crippen LogP contribution in [0.1, 0.15) is 28.8 Å². The molecule has 0 aliphatic rings. The van der Waals surface area contributed by atoms with Crippen molar-refractivity contribution in [3.63, 3.8) is 0 Å². The highest BCUT2D eigenvalue weighted by Crippen LogP contribution is 2.09. The van der Waals surface area contributed by atoms with Gasteiger partial charge in [-0.25, -0.2) is 9.50 Å². The molecule has 0 fully saturated rings. The zero-order valence-electron chi connectivity index (χ0n) is 10.3. The van der Waals surface area contributed by atoms with Crippen molar-refractivity contribution in [1.82, 2.24) is 19.6 Å². The van der Waals surface area contributed by atoms with Crippen LogP contribution in [0.15, 0.2) is 6.20 Å². The first kappa shape index (κ1) is 12.2. The van der Waals surface area contributed by atoms with Crippen LogP contribution in [0.25, 0.3) is 5.78 Å². The Hall–Kier alpha value is -2.31. The van der Waals surface area contributed by atoms with E-state index in [9.17, 15) is 9.59 Å². The van der Waals surface area contributed by atoms with E-state index in [1.807, 2.05) is 0 Å². The lowest BCUT2D eigenvalue weighted by Gasteiger charge is -2.01. The molecule has 0 amide bonds. The van der Waals surface area contributed by atoms with Crippen LogP contribution in [0.3, 0.4) is 0 Å². The molecule has 0 saturated carbocycles. The largest absolute Gasteiger partial charge is 0.469 e. The average Bonchev–Trinajstić information content (AvgIpc) is 2.72. The Labute approximate surface area is 103 Å². The summed E-state index contributed by atoms with van der Waals surface area (Å²) in [5.74, 6) is 0.164. The van der Waals surface area contributed by atoms with Gasteiger partial charge in [0.05, 0.1) is 18.4 Å². The molecule has 2 rings (SSSR count). The number of ether oxygens (including phenoxy) is 1. The van der Waals surface area contributed by atoms with Gasteiger partial charge in [0, 0.05) is 6.20 Å². The average molecular weight is 248 g/mol. The quantitative estimate of drug-likeness (QED) is 0.575. The Morgan fingerprint density at radius 2 is 2.17 bits per heavy atom. The van der Waals surface area contributed by atoms with Crippen molar-refractivity contribution in [3.05, 3.63) is 23.3 Å². The molecule has 0 aliphatic carbocycles. The van der Waals surface area contributed by atoms with E-state index in [4.69, 9.17) is 0 Å². The Kier molecular flexibility index (Phi) is 3.05. The van der Waals surface area contributed by atoms with Crippen LogP contribution in [-0.4, -0.2) is 38.4 Å². The first-order valence-corrected chi connectivity index (χ1v) is 5.32. The molecule has 94 valence electrons. The van der Waals surface area contributed by atoms with Gasteiger partial charge in [0.15, 0.2) is 11.6 Å². The van der Waals surface area contributed by atoms with Gasteiger partial charge in [-0.1, -0.05) is 0 Å². The molecule has 7 nitrogen and oxygen atoms in total. The number of carbonyl (C=O) groups is 2. The molecule has 0 aliphatic heterocycles. The molecule has 0 radical (unpaired) electrons. The second-order valence-electron chi connectivity index (χ2n) is 3.81. The maximum absolute atomic E-state index is 11.4. The molecule has 0 N–H and O–H groups in total. The van der Waals surface area contributed by atoms with E-state index in [-0.39, 0.29) is 12.2 Å². The number of aromatic nitrogens is 4. The molecule has 0 aromatic carbocycles. The summed E-state index contributed by atoms with van der Waals surface area (Å²) in [6, 6.07) is 0. The van der Waals surface area contributed by atoms with Crippen LogP contribution < -0.4 is 0 Å². The third-order valence-corrected chi connectivity index (χ3v) is 2.56. The number of methoxy groups -OCH3 is 1. The maximum atomic E-state index is 11.4. The predicted octanol–water partition coefficient (Wildman–Crippen LogP) is 0.351. The lowest BCUT2D eigenvalue weighted by Crippen LogP contribution is -2.07. The van der Waals surface area contributed by atoms with Crippen molar-refractivity contribution in [2.45, 2.75) is 20.3 Å². The SMILES string of the molecule is COC(=O)Cc1nc2ncc(C(C)=O)c(C)n2n1. The number of esters is 1. The number of nitrogens with zero attached hydrogens (tertiary/aromatic N) is 4. The minimum Gasteiger partial charge on any atom is -0.469 e. The topological polar surface area (TPSA) is 86.5 Å². The molecular weight excluding hydrogens is 236 g/mol. The van der Waals surface area contributed by atoms with E-state index in [1.54, 1.807) is 6.92 Å². The van der Waals surface area contributed by atoms with Gasteiger partial charge in [0.2, 0.25) is 0 Å². The van der Waals surface area contributed by atoms with Crippen LogP contribution in [0.4, 0.5) is 0 Å². The minimum absolute atomic E-state index is 0.0191.